The zero-order chi connectivity index (χ0) is 12.7. The molecule has 0 saturated heterocycles. The highest BCUT2D eigenvalue weighted by molar-refractivity contribution is 5.30. The third-order valence-electron chi connectivity index (χ3n) is 2.35. The largest absolute Gasteiger partial charge is 0.462 e. The molecule has 90 valence electrons. The van der Waals surface area contributed by atoms with Gasteiger partial charge in [-0.1, -0.05) is 26.0 Å². The molecule has 1 rings (SSSR count). The summed E-state index contributed by atoms with van der Waals surface area (Å²) in [6, 6.07) is 8.16. The van der Waals surface area contributed by atoms with E-state index >= 15 is 0 Å². The van der Waals surface area contributed by atoms with Gasteiger partial charge in [-0.15, -0.1) is 0 Å². The van der Waals surface area contributed by atoms with Crippen molar-refractivity contribution >= 4 is 6.72 Å². The molecule has 2 heteroatoms. The first kappa shape index (κ1) is 13.2. The number of hydrogen-bond acceptors (Lipinski definition) is 2. The van der Waals surface area contributed by atoms with Crippen molar-refractivity contribution in [2.24, 2.45) is 4.99 Å². The van der Waals surface area contributed by atoms with Gasteiger partial charge in [0.2, 0.25) is 0 Å². The van der Waals surface area contributed by atoms with Crippen molar-refractivity contribution in [3.05, 3.63) is 53.9 Å². The molecule has 0 aromatic heterocycles. The fourth-order valence-corrected chi connectivity index (χ4v) is 1.38. The van der Waals surface area contributed by atoms with E-state index < -0.39 is 0 Å². The Balaban J connectivity index is 2.66. The Kier molecular flexibility index (Phi) is 5.21. The third-order valence-corrected chi connectivity index (χ3v) is 2.35. The second-order valence-electron chi connectivity index (χ2n) is 4.13. The number of benzene rings is 1. The number of nitrogens with zero attached hydrogens (tertiary/aromatic N) is 1. The highest BCUT2D eigenvalue weighted by atomic mass is 16.5. The van der Waals surface area contributed by atoms with Crippen molar-refractivity contribution < 1.29 is 4.74 Å². The molecule has 0 unspecified atom stereocenters. The van der Waals surface area contributed by atoms with Crippen molar-refractivity contribution in [1.29, 1.82) is 0 Å². The molecule has 0 amide bonds. The number of aliphatic imine (C=N–C) groups is 1. The van der Waals surface area contributed by atoms with Crippen molar-refractivity contribution in [3.8, 4) is 5.75 Å². The zero-order valence-electron chi connectivity index (χ0n) is 10.7. The SMILES string of the molecule is C=N/C=C\C=C(/C)Oc1ccc(C(C)C)cc1. The summed E-state index contributed by atoms with van der Waals surface area (Å²) >= 11 is 0. The lowest BCUT2D eigenvalue weighted by atomic mass is 10.0. The normalized spacial score (nSPS) is 12.1. The topological polar surface area (TPSA) is 21.6 Å². The van der Waals surface area contributed by atoms with Crippen LogP contribution in [0.1, 0.15) is 32.3 Å². The van der Waals surface area contributed by atoms with E-state index in [1.807, 2.05) is 25.1 Å². The maximum atomic E-state index is 5.64. The van der Waals surface area contributed by atoms with Gasteiger partial charge >= 0.3 is 0 Å². The minimum absolute atomic E-state index is 0.544. The van der Waals surface area contributed by atoms with Gasteiger partial charge in [-0.05, 0) is 49.4 Å². The maximum absolute atomic E-state index is 5.64. The quantitative estimate of drug-likeness (QED) is 0.419. The molecule has 0 aliphatic carbocycles. The molecule has 0 fully saturated rings. The summed E-state index contributed by atoms with van der Waals surface area (Å²) in [5.41, 5.74) is 1.31. The lowest BCUT2D eigenvalue weighted by molar-refractivity contribution is 0.428. The predicted octanol–water partition coefficient (Wildman–Crippen LogP) is 4.31. The van der Waals surface area contributed by atoms with E-state index in [2.05, 4.69) is 37.7 Å². The molecular formula is C15H19NO. The highest BCUT2D eigenvalue weighted by Gasteiger charge is 1.99. The minimum atomic E-state index is 0.544. The Morgan fingerprint density at radius 1 is 1.29 bits per heavy atom. The Labute approximate surface area is 103 Å². The van der Waals surface area contributed by atoms with Gasteiger partial charge in [0.25, 0.3) is 0 Å². The average Bonchev–Trinajstić information content (AvgIpc) is 2.30. The molecule has 0 atom stereocenters. The van der Waals surface area contributed by atoms with Crippen LogP contribution in [0.25, 0.3) is 0 Å². The molecular weight excluding hydrogens is 210 g/mol. The van der Waals surface area contributed by atoms with Gasteiger partial charge in [0.1, 0.15) is 11.5 Å². The summed E-state index contributed by atoms with van der Waals surface area (Å²) in [7, 11) is 0. The van der Waals surface area contributed by atoms with Gasteiger partial charge in [0.05, 0.1) is 0 Å². The number of rotatable bonds is 5. The van der Waals surface area contributed by atoms with E-state index in [4.69, 9.17) is 4.74 Å². The fraction of sp³-hybridized carbons (Fsp3) is 0.267. The van der Waals surface area contributed by atoms with Crippen molar-refractivity contribution in [1.82, 2.24) is 0 Å². The number of hydrogen-bond donors (Lipinski definition) is 0. The molecule has 0 bridgehead atoms. The van der Waals surface area contributed by atoms with E-state index in [0.29, 0.717) is 5.92 Å². The highest BCUT2D eigenvalue weighted by Crippen LogP contribution is 2.19. The maximum Gasteiger partial charge on any atom is 0.126 e. The molecule has 2 nitrogen and oxygen atoms in total. The van der Waals surface area contributed by atoms with Crippen LogP contribution in [0.3, 0.4) is 0 Å². The summed E-state index contributed by atoms with van der Waals surface area (Å²) in [6.45, 7) is 9.62. The molecule has 0 heterocycles. The monoisotopic (exact) mass is 229 g/mol. The van der Waals surface area contributed by atoms with Gasteiger partial charge in [-0.3, -0.25) is 4.99 Å². The van der Waals surface area contributed by atoms with Crippen LogP contribution in [-0.4, -0.2) is 6.72 Å². The zero-order valence-corrected chi connectivity index (χ0v) is 10.7. The second-order valence-corrected chi connectivity index (χ2v) is 4.13. The first-order valence-corrected chi connectivity index (χ1v) is 5.70. The summed E-state index contributed by atoms with van der Waals surface area (Å²) < 4.78 is 5.64. The summed E-state index contributed by atoms with van der Waals surface area (Å²) in [4.78, 5) is 3.61. The average molecular weight is 229 g/mol. The van der Waals surface area contributed by atoms with E-state index in [9.17, 15) is 0 Å². The van der Waals surface area contributed by atoms with Gasteiger partial charge in [0.15, 0.2) is 0 Å². The molecule has 0 saturated carbocycles. The predicted molar refractivity (Wildman–Crippen MR) is 73.6 cm³/mol. The van der Waals surface area contributed by atoms with E-state index in [0.717, 1.165) is 11.5 Å². The van der Waals surface area contributed by atoms with Crippen LogP contribution in [0, 0.1) is 0 Å². The van der Waals surface area contributed by atoms with E-state index in [1.165, 1.54) is 5.56 Å². The Bertz CT molecular complexity index is 413. The second kappa shape index (κ2) is 6.69. The van der Waals surface area contributed by atoms with Crippen molar-refractivity contribution in [2.75, 3.05) is 0 Å². The molecule has 17 heavy (non-hydrogen) atoms. The van der Waals surface area contributed by atoms with Crippen LogP contribution in [0.4, 0.5) is 0 Å². The molecule has 0 N–H and O–H groups in total. The third kappa shape index (κ3) is 4.68. The van der Waals surface area contributed by atoms with Crippen molar-refractivity contribution in [3.63, 3.8) is 0 Å². The molecule has 0 aliphatic rings. The standard InChI is InChI=1S/C15H19NO/c1-12(2)14-7-9-15(10-8-14)17-13(3)6-5-11-16-4/h5-12H,4H2,1-3H3/b11-5-,13-6+. The van der Waals surface area contributed by atoms with Crippen molar-refractivity contribution in [2.45, 2.75) is 26.7 Å². The molecule has 1 aromatic rings. The number of allylic oxidation sites excluding steroid dienone is 3. The van der Waals surface area contributed by atoms with E-state index in [1.54, 1.807) is 12.3 Å². The molecule has 0 spiro atoms. The van der Waals surface area contributed by atoms with Crippen LogP contribution in [0.15, 0.2) is 53.4 Å². The first-order valence-electron chi connectivity index (χ1n) is 5.70. The molecule has 1 aromatic carbocycles. The van der Waals surface area contributed by atoms with E-state index in [-0.39, 0.29) is 0 Å². The first-order chi connectivity index (χ1) is 8.13. The summed E-state index contributed by atoms with van der Waals surface area (Å²) in [5, 5.41) is 0. The van der Waals surface area contributed by atoms with Crippen LogP contribution in [-0.2, 0) is 0 Å². The lowest BCUT2D eigenvalue weighted by Gasteiger charge is -2.08. The smallest absolute Gasteiger partial charge is 0.126 e. The van der Waals surface area contributed by atoms with Gasteiger partial charge in [0, 0.05) is 6.20 Å². The molecule has 0 aliphatic heterocycles. The van der Waals surface area contributed by atoms with Gasteiger partial charge in [-0.25, -0.2) is 0 Å². The fourth-order valence-electron chi connectivity index (χ4n) is 1.38. The van der Waals surface area contributed by atoms with Crippen LogP contribution >= 0.6 is 0 Å². The summed E-state index contributed by atoms with van der Waals surface area (Å²) in [5.74, 6) is 2.22. The Morgan fingerprint density at radius 2 is 1.94 bits per heavy atom. The summed E-state index contributed by atoms with van der Waals surface area (Å²) in [6.07, 6.45) is 5.27. The van der Waals surface area contributed by atoms with Gasteiger partial charge in [-0.2, -0.15) is 0 Å². The molecule has 0 radical (unpaired) electrons. The van der Waals surface area contributed by atoms with Crippen LogP contribution in [0.5, 0.6) is 5.75 Å². The van der Waals surface area contributed by atoms with Gasteiger partial charge < -0.3 is 4.74 Å². The Hall–Kier alpha value is -1.83. The lowest BCUT2D eigenvalue weighted by Crippen LogP contribution is -1.91. The Morgan fingerprint density at radius 3 is 2.47 bits per heavy atom. The number of ether oxygens (including phenoxy) is 1. The minimum Gasteiger partial charge on any atom is -0.462 e. The van der Waals surface area contributed by atoms with Crippen LogP contribution < -0.4 is 4.74 Å². The van der Waals surface area contributed by atoms with Crippen LogP contribution in [0.2, 0.25) is 0 Å².